The van der Waals surface area contributed by atoms with E-state index in [1.807, 2.05) is 6.07 Å². The van der Waals surface area contributed by atoms with E-state index in [1.54, 1.807) is 42.5 Å². The maximum absolute atomic E-state index is 12.8. The van der Waals surface area contributed by atoms with Crippen molar-refractivity contribution in [3.63, 3.8) is 0 Å². The third kappa shape index (κ3) is 5.95. The van der Waals surface area contributed by atoms with Crippen molar-refractivity contribution in [2.75, 3.05) is 20.2 Å². The van der Waals surface area contributed by atoms with Crippen LogP contribution in [0.1, 0.15) is 27.6 Å². The number of rotatable bonds is 9. The van der Waals surface area contributed by atoms with Crippen molar-refractivity contribution in [3.05, 3.63) is 94.5 Å². The van der Waals surface area contributed by atoms with Gasteiger partial charge < -0.3 is 15.2 Å². The minimum atomic E-state index is -3.69. The van der Waals surface area contributed by atoms with Gasteiger partial charge in [-0.1, -0.05) is 35.9 Å². The molecule has 1 atom stereocenters. The lowest BCUT2D eigenvalue weighted by Crippen LogP contribution is -2.23. The second kappa shape index (κ2) is 10.7. The standard InChI is InChI=1S/C24H24ClNO5S/c1-31-24(28)18-7-11-22(12-8-18)32(29,30)21-9-5-17(6-10-21)13-14-26-16-23(27)19-3-2-4-20(25)15-19/h2-12,15,23,26-27H,13-14,16H2,1H3/t23-/m1/s1. The van der Waals surface area contributed by atoms with Gasteiger partial charge in [-0.25, -0.2) is 13.2 Å². The van der Waals surface area contributed by atoms with E-state index in [0.29, 0.717) is 24.5 Å². The number of carbonyl (C=O) groups excluding carboxylic acids is 1. The van der Waals surface area contributed by atoms with Crippen molar-refractivity contribution < 1.29 is 23.1 Å². The molecule has 0 aliphatic carbocycles. The topological polar surface area (TPSA) is 92.7 Å². The van der Waals surface area contributed by atoms with E-state index in [-0.39, 0.29) is 15.4 Å². The number of nitrogens with one attached hydrogen (secondary N) is 1. The molecule has 0 aliphatic rings. The third-order valence-corrected chi connectivity index (χ3v) is 7.00. The number of aliphatic hydroxyl groups excluding tert-OH is 1. The molecule has 0 radical (unpaired) electrons. The summed E-state index contributed by atoms with van der Waals surface area (Å²) in [5, 5.41) is 14.0. The lowest BCUT2D eigenvalue weighted by atomic mass is 10.1. The van der Waals surface area contributed by atoms with Gasteiger partial charge in [0, 0.05) is 11.6 Å². The predicted octanol–water partition coefficient (Wildman–Crippen LogP) is 3.83. The summed E-state index contributed by atoms with van der Waals surface area (Å²) in [6.07, 6.45) is 0.0166. The molecule has 0 aliphatic heterocycles. The number of carbonyl (C=O) groups is 1. The molecular formula is C24H24ClNO5S. The Balaban J connectivity index is 1.55. The Morgan fingerprint density at radius 3 is 2.25 bits per heavy atom. The highest BCUT2D eigenvalue weighted by Gasteiger charge is 2.18. The minimum Gasteiger partial charge on any atom is -0.465 e. The molecule has 2 N–H and O–H groups in total. The summed E-state index contributed by atoms with van der Waals surface area (Å²) in [5.74, 6) is -0.521. The van der Waals surface area contributed by atoms with Gasteiger partial charge in [0.15, 0.2) is 0 Å². The van der Waals surface area contributed by atoms with Gasteiger partial charge in [-0.05, 0) is 72.6 Å². The SMILES string of the molecule is COC(=O)c1ccc(S(=O)(=O)c2ccc(CCNC[C@@H](O)c3cccc(Cl)c3)cc2)cc1. The van der Waals surface area contributed by atoms with Crippen LogP contribution in [0.15, 0.2) is 82.6 Å². The van der Waals surface area contributed by atoms with Gasteiger partial charge >= 0.3 is 5.97 Å². The van der Waals surface area contributed by atoms with E-state index in [1.165, 1.54) is 31.4 Å². The van der Waals surface area contributed by atoms with Gasteiger partial charge in [0.05, 0.1) is 28.6 Å². The normalized spacial score (nSPS) is 12.3. The number of hydrogen-bond donors (Lipinski definition) is 2. The van der Waals surface area contributed by atoms with Crippen LogP contribution >= 0.6 is 11.6 Å². The number of benzene rings is 3. The maximum Gasteiger partial charge on any atom is 0.337 e. The fourth-order valence-corrected chi connectivity index (χ4v) is 4.62. The average Bonchev–Trinajstić information content (AvgIpc) is 2.81. The molecule has 0 fully saturated rings. The molecule has 0 heterocycles. The highest BCUT2D eigenvalue weighted by Crippen LogP contribution is 2.22. The fourth-order valence-electron chi connectivity index (χ4n) is 3.16. The highest BCUT2D eigenvalue weighted by atomic mass is 35.5. The Bertz CT molecular complexity index is 1160. The summed E-state index contributed by atoms with van der Waals surface area (Å²) in [6, 6.07) is 19.4. The molecular weight excluding hydrogens is 450 g/mol. The number of esters is 1. The predicted molar refractivity (Wildman–Crippen MR) is 123 cm³/mol. The second-order valence-electron chi connectivity index (χ2n) is 7.19. The Morgan fingerprint density at radius 2 is 1.66 bits per heavy atom. The van der Waals surface area contributed by atoms with Gasteiger partial charge in [0.2, 0.25) is 9.84 Å². The number of hydrogen-bond acceptors (Lipinski definition) is 6. The zero-order valence-electron chi connectivity index (χ0n) is 17.5. The van der Waals surface area contributed by atoms with E-state index in [0.717, 1.165) is 11.1 Å². The Hall–Kier alpha value is -2.71. The molecule has 0 amide bonds. The molecule has 168 valence electrons. The zero-order valence-corrected chi connectivity index (χ0v) is 19.1. The molecule has 3 aromatic rings. The van der Waals surface area contributed by atoms with Crippen molar-refractivity contribution in [1.29, 1.82) is 0 Å². The Morgan fingerprint density at radius 1 is 1.03 bits per heavy atom. The number of aliphatic hydroxyl groups is 1. The lowest BCUT2D eigenvalue weighted by molar-refractivity contribution is 0.0600. The first kappa shape index (κ1) is 23.9. The summed E-state index contributed by atoms with van der Waals surface area (Å²) >= 11 is 5.95. The zero-order chi connectivity index (χ0) is 23.1. The monoisotopic (exact) mass is 473 g/mol. The lowest BCUT2D eigenvalue weighted by Gasteiger charge is -2.12. The first-order chi connectivity index (χ1) is 15.3. The number of ether oxygens (including phenoxy) is 1. The van der Waals surface area contributed by atoms with Gasteiger partial charge in [-0.15, -0.1) is 0 Å². The average molecular weight is 474 g/mol. The van der Waals surface area contributed by atoms with Crippen LogP contribution in [0.3, 0.4) is 0 Å². The van der Waals surface area contributed by atoms with E-state index in [2.05, 4.69) is 10.1 Å². The summed E-state index contributed by atoms with van der Waals surface area (Å²) in [5.41, 5.74) is 2.00. The second-order valence-corrected chi connectivity index (χ2v) is 9.57. The summed E-state index contributed by atoms with van der Waals surface area (Å²) in [6.45, 7) is 1.01. The summed E-state index contributed by atoms with van der Waals surface area (Å²) < 4.78 is 30.3. The van der Waals surface area contributed by atoms with Crippen LogP contribution in [0.4, 0.5) is 0 Å². The molecule has 6 nitrogen and oxygen atoms in total. The molecule has 0 saturated carbocycles. The largest absolute Gasteiger partial charge is 0.465 e. The molecule has 0 spiro atoms. The smallest absolute Gasteiger partial charge is 0.337 e. The molecule has 0 aromatic heterocycles. The number of methoxy groups -OCH3 is 1. The highest BCUT2D eigenvalue weighted by molar-refractivity contribution is 7.91. The van der Waals surface area contributed by atoms with Gasteiger partial charge in [-0.2, -0.15) is 0 Å². The van der Waals surface area contributed by atoms with Crippen molar-refractivity contribution >= 4 is 27.4 Å². The van der Waals surface area contributed by atoms with Crippen LogP contribution < -0.4 is 5.32 Å². The van der Waals surface area contributed by atoms with Gasteiger partial charge in [-0.3, -0.25) is 0 Å². The molecule has 3 aromatic carbocycles. The fraction of sp³-hybridized carbons (Fsp3) is 0.208. The van der Waals surface area contributed by atoms with Crippen LogP contribution in [0, 0.1) is 0 Å². The minimum absolute atomic E-state index is 0.106. The van der Waals surface area contributed by atoms with E-state index in [9.17, 15) is 18.3 Å². The van der Waals surface area contributed by atoms with Crippen LogP contribution in [-0.4, -0.2) is 39.7 Å². The Labute approximate surface area is 192 Å². The molecule has 0 saturated heterocycles. The van der Waals surface area contributed by atoms with Gasteiger partial charge in [0.25, 0.3) is 0 Å². The van der Waals surface area contributed by atoms with Crippen molar-refractivity contribution in [3.8, 4) is 0 Å². The van der Waals surface area contributed by atoms with Crippen LogP contribution in [0.2, 0.25) is 5.02 Å². The van der Waals surface area contributed by atoms with Crippen molar-refractivity contribution in [1.82, 2.24) is 5.32 Å². The van der Waals surface area contributed by atoms with Crippen LogP contribution in [0.5, 0.6) is 0 Å². The van der Waals surface area contributed by atoms with Gasteiger partial charge in [0.1, 0.15) is 0 Å². The first-order valence-electron chi connectivity index (χ1n) is 9.98. The molecule has 8 heteroatoms. The van der Waals surface area contributed by atoms with Crippen molar-refractivity contribution in [2.24, 2.45) is 0 Å². The Kier molecular flexibility index (Phi) is 8.04. The molecule has 0 unspecified atom stereocenters. The van der Waals surface area contributed by atoms with Crippen LogP contribution in [0.25, 0.3) is 0 Å². The summed E-state index contributed by atoms with van der Waals surface area (Å²) in [4.78, 5) is 11.8. The summed E-state index contributed by atoms with van der Waals surface area (Å²) in [7, 11) is -2.42. The first-order valence-corrected chi connectivity index (χ1v) is 11.8. The third-order valence-electron chi connectivity index (χ3n) is 4.98. The van der Waals surface area contributed by atoms with E-state index in [4.69, 9.17) is 11.6 Å². The quantitative estimate of drug-likeness (QED) is 0.362. The van der Waals surface area contributed by atoms with Crippen LogP contribution in [-0.2, 0) is 21.0 Å². The number of sulfone groups is 1. The van der Waals surface area contributed by atoms with E-state index < -0.39 is 21.9 Å². The number of halogens is 1. The molecule has 32 heavy (non-hydrogen) atoms. The van der Waals surface area contributed by atoms with Crippen molar-refractivity contribution in [2.45, 2.75) is 22.3 Å². The molecule has 0 bridgehead atoms. The molecule has 3 rings (SSSR count). The van der Waals surface area contributed by atoms with E-state index >= 15 is 0 Å². The maximum atomic E-state index is 12.8.